The smallest absolute Gasteiger partial charge is 0.387 e. The van der Waals surface area contributed by atoms with Crippen LogP contribution >= 0.6 is 28.3 Å². The lowest BCUT2D eigenvalue weighted by Crippen LogP contribution is -2.51. The first-order chi connectivity index (χ1) is 10.1. The molecular formula is C13H16BrClF2N2O3. The first-order valence-electron chi connectivity index (χ1n) is 6.38. The van der Waals surface area contributed by atoms with E-state index in [1.807, 2.05) is 0 Å². The molecule has 1 fully saturated rings. The summed E-state index contributed by atoms with van der Waals surface area (Å²) in [6.45, 7) is -1.34. The number of carbonyl (C=O) groups excluding carboxylic acids is 1. The van der Waals surface area contributed by atoms with Gasteiger partial charge in [0.1, 0.15) is 11.8 Å². The van der Waals surface area contributed by atoms with Crippen LogP contribution in [0.4, 0.5) is 8.78 Å². The van der Waals surface area contributed by atoms with Crippen molar-refractivity contribution in [1.82, 2.24) is 10.6 Å². The number of ether oxygens (including phenoxy) is 2. The predicted molar refractivity (Wildman–Crippen MR) is 82.5 cm³/mol. The zero-order chi connectivity index (χ0) is 15.2. The number of alkyl halides is 2. The molecule has 1 aromatic carbocycles. The molecule has 0 saturated carbocycles. The Kier molecular flexibility index (Phi) is 8.02. The fraction of sp³-hybridized carbons (Fsp3) is 0.462. The Morgan fingerprint density at radius 2 is 2.32 bits per heavy atom. The number of benzene rings is 1. The van der Waals surface area contributed by atoms with E-state index >= 15 is 0 Å². The summed E-state index contributed by atoms with van der Waals surface area (Å²) in [5.74, 6) is -0.195. The molecule has 0 radical (unpaired) electrons. The van der Waals surface area contributed by atoms with Gasteiger partial charge < -0.3 is 20.1 Å². The van der Waals surface area contributed by atoms with Crippen LogP contribution in [0.25, 0.3) is 0 Å². The van der Waals surface area contributed by atoms with Crippen LogP contribution in [0.3, 0.4) is 0 Å². The van der Waals surface area contributed by atoms with Crippen molar-refractivity contribution in [3.8, 4) is 5.75 Å². The maximum atomic E-state index is 12.3. The molecule has 1 heterocycles. The maximum Gasteiger partial charge on any atom is 0.387 e. The molecule has 22 heavy (non-hydrogen) atoms. The van der Waals surface area contributed by atoms with Crippen molar-refractivity contribution in [2.45, 2.75) is 19.2 Å². The highest BCUT2D eigenvalue weighted by molar-refractivity contribution is 9.10. The number of rotatable bonds is 5. The van der Waals surface area contributed by atoms with Crippen molar-refractivity contribution in [2.24, 2.45) is 0 Å². The van der Waals surface area contributed by atoms with Crippen LogP contribution in [0.2, 0.25) is 0 Å². The summed E-state index contributed by atoms with van der Waals surface area (Å²) in [7, 11) is 0. The number of morpholine rings is 1. The molecule has 1 aliphatic heterocycles. The number of hydrogen-bond donors (Lipinski definition) is 2. The van der Waals surface area contributed by atoms with Crippen LogP contribution < -0.4 is 15.4 Å². The van der Waals surface area contributed by atoms with Gasteiger partial charge in [0.2, 0.25) is 5.91 Å². The Labute approximate surface area is 141 Å². The van der Waals surface area contributed by atoms with Gasteiger partial charge in [0.25, 0.3) is 0 Å². The van der Waals surface area contributed by atoms with Gasteiger partial charge in [-0.05, 0) is 18.2 Å². The molecule has 1 unspecified atom stereocenters. The molecule has 1 saturated heterocycles. The van der Waals surface area contributed by atoms with Crippen molar-refractivity contribution >= 4 is 34.2 Å². The standard InChI is InChI=1S/C13H15BrF2N2O3.ClH/c14-9-1-2-11(21-13(15)16)8(5-9)6-18-12(19)10-7-20-4-3-17-10;/h1-2,5,10,13,17H,3-4,6-7H2,(H,18,19);1H. The summed E-state index contributed by atoms with van der Waals surface area (Å²) >= 11 is 3.26. The van der Waals surface area contributed by atoms with Crippen LogP contribution in [0.1, 0.15) is 5.56 Å². The van der Waals surface area contributed by atoms with E-state index in [0.29, 0.717) is 29.8 Å². The number of hydrogen-bond acceptors (Lipinski definition) is 4. The fourth-order valence-electron chi connectivity index (χ4n) is 1.94. The van der Waals surface area contributed by atoms with E-state index in [-0.39, 0.29) is 30.6 Å². The zero-order valence-electron chi connectivity index (χ0n) is 11.5. The summed E-state index contributed by atoms with van der Waals surface area (Å²) in [5.41, 5.74) is 0.467. The van der Waals surface area contributed by atoms with Crippen molar-refractivity contribution < 1.29 is 23.0 Å². The van der Waals surface area contributed by atoms with Crippen molar-refractivity contribution in [3.05, 3.63) is 28.2 Å². The number of nitrogens with one attached hydrogen (secondary N) is 2. The average molecular weight is 402 g/mol. The predicted octanol–water partition coefficient (Wildman–Crippen LogP) is 2.08. The lowest BCUT2D eigenvalue weighted by molar-refractivity contribution is -0.126. The molecule has 1 atom stereocenters. The topological polar surface area (TPSA) is 59.6 Å². The monoisotopic (exact) mass is 400 g/mol. The van der Waals surface area contributed by atoms with Gasteiger partial charge in [-0.2, -0.15) is 8.78 Å². The van der Waals surface area contributed by atoms with Gasteiger partial charge >= 0.3 is 6.61 Å². The van der Waals surface area contributed by atoms with Crippen molar-refractivity contribution in [3.63, 3.8) is 0 Å². The third-order valence-corrected chi connectivity index (χ3v) is 3.42. The Morgan fingerprint density at radius 1 is 1.55 bits per heavy atom. The molecule has 1 aliphatic rings. The molecule has 2 rings (SSSR count). The van der Waals surface area contributed by atoms with E-state index in [1.165, 1.54) is 6.07 Å². The van der Waals surface area contributed by atoms with Gasteiger partial charge in [0.05, 0.1) is 13.2 Å². The third kappa shape index (κ3) is 5.68. The average Bonchev–Trinajstić information content (AvgIpc) is 2.47. The van der Waals surface area contributed by atoms with Crippen molar-refractivity contribution in [2.75, 3.05) is 19.8 Å². The summed E-state index contributed by atoms with van der Waals surface area (Å²) in [6, 6.07) is 4.23. The highest BCUT2D eigenvalue weighted by Crippen LogP contribution is 2.24. The van der Waals surface area contributed by atoms with Crippen LogP contribution in [0.15, 0.2) is 22.7 Å². The number of carbonyl (C=O) groups is 1. The first kappa shape index (κ1) is 19.1. The molecular weight excluding hydrogens is 386 g/mol. The third-order valence-electron chi connectivity index (χ3n) is 2.93. The quantitative estimate of drug-likeness (QED) is 0.793. The second kappa shape index (κ2) is 9.24. The Balaban J connectivity index is 0.00000242. The number of amides is 1. The molecule has 0 aliphatic carbocycles. The zero-order valence-corrected chi connectivity index (χ0v) is 13.9. The van der Waals surface area contributed by atoms with Crippen LogP contribution in [-0.4, -0.2) is 38.3 Å². The van der Waals surface area contributed by atoms with Gasteiger partial charge in [-0.15, -0.1) is 12.4 Å². The van der Waals surface area contributed by atoms with Crippen LogP contribution in [0, 0.1) is 0 Å². The summed E-state index contributed by atoms with van der Waals surface area (Å²) < 4.78 is 35.0. The van der Waals surface area contributed by atoms with Gasteiger partial charge in [-0.25, -0.2) is 0 Å². The number of halogens is 4. The normalized spacial score (nSPS) is 17.7. The lowest BCUT2D eigenvalue weighted by atomic mass is 10.2. The Morgan fingerprint density at radius 3 is 2.95 bits per heavy atom. The molecule has 1 aromatic rings. The summed E-state index contributed by atoms with van der Waals surface area (Å²) in [4.78, 5) is 11.9. The molecule has 124 valence electrons. The fourth-order valence-corrected chi connectivity index (χ4v) is 2.34. The minimum Gasteiger partial charge on any atom is -0.434 e. The molecule has 0 aromatic heterocycles. The second-order valence-corrected chi connectivity index (χ2v) is 5.35. The molecule has 1 amide bonds. The first-order valence-corrected chi connectivity index (χ1v) is 7.17. The molecule has 9 heteroatoms. The Hall–Kier alpha value is -0.960. The van der Waals surface area contributed by atoms with E-state index in [2.05, 4.69) is 31.3 Å². The van der Waals surface area contributed by atoms with Crippen molar-refractivity contribution in [1.29, 1.82) is 0 Å². The van der Waals surface area contributed by atoms with Gasteiger partial charge in [0, 0.05) is 23.1 Å². The van der Waals surface area contributed by atoms with Gasteiger partial charge in [-0.3, -0.25) is 4.79 Å². The molecule has 2 N–H and O–H groups in total. The molecule has 0 bridgehead atoms. The summed E-state index contributed by atoms with van der Waals surface area (Å²) in [5, 5.41) is 5.70. The minimum atomic E-state index is -2.91. The maximum absolute atomic E-state index is 12.3. The Bertz CT molecular complexity index is 502. The van der Waals surface area contributed by atoms with Gasteiger partial charge in [0.15, 0.2) is 0 Å². The molecule has 5 nitrogen and oxygen atoms in total. The highest BCUT2D eigenvalue weighted by atomic mass is 79.9. The lowest BCUT2D eigenvalue weighted by Gasteiger charge is -2.23. The van der Waals surface area contributed by atoms with E-state index in [4.69, 9.17) is 4.74 Å². The van der Waals surface area contributed by atoms with Crippen LogP contribution in [0.5, 0.6) is 5.75 Å². The largest absolute Gasteiger partial charge is 0.434 e. The highest BCUT2D eigenvalue weighted by Gasteiger charge is 2.21. The SMILES string of the molecule is Cl.O=C(NCc1cc(Br)ccc1OC(F)F)C1COCCN1. The van der Waals surface area contributed by atoms with E-state index in [9.17, 15) is 13.6 Å². The van der Waals surface area contributed by atoms with E-state index in [1.54, 1.807) is 12.1 Å². The van der Waals surface area contributed by atoms with E-state index in [0.717, 1.165) is 0 Å². The minimum absolute atomic E-state index is 0. The van der Waals surface area contributed by atoms with Gasteiger partial charge in [-0.1, -0.05) is 15.9 Å². The molecule has 0 spiro atoms. The summed E-state index contributed by atoms with van der Waals surface area (Å²) in [6.07, 6.45) is 0. The van der Waals surface area contributed by atoms with E-state index < -0.39 is 12.7 Å². The van der Waals surface area contributed by atoms with Crippen LogP contribution in [-0.2, 0) is 16.1 Å². The second-order valence-electron chi connectivity index (χ2n) is 4.43.